The van der Waals surface area contributed by atoms with E-state index in [9.17, 15) is 9.59 Å². The maximum absolute atomic E-state index is 12.8. The van der Waals surface area contributed by atoms with Crippen LogP contribution >= 0.6 is 0 Å². The Hall–Kier alpha value is -3.54. The second-order valence-electron chi connectivity index (χ2n) is 7.69. The Labute approximate surface area is 181 Å². The Bertz CT molecular complexity index is 1110. The Balaban J connectivity index is 1.41. The van der Waals surface area contributed by atoms with Crippen molar-refractivity contribution in [1.82, 2.24) is 4.57 Å². The van der Waals surface area contributed by atoms with Gasteiger partial charge in [-0.1, -0.05) is 12.1 Å². The summed E-state index contributed by atoms with van der Waals surface area (Å²) in [4.78, 5) is 24.2. The highest BCUT2D eigenvalue weighted by atomic mass is 16.6. The average molecular weight is 419 g/mol. The van der Waals surface area contributed by atoms with Gasteiger partial charge in [-0.25, -0.2) is 0 Å². The third-order valence-corrected chi connectivity index (χ3v) is 5.46. The van der Waals surface area contributed by atoms with Crippen LogP contribution in [0.1, 0.15) is 39.0 Å². The molecule has 0 spiro atoms. The number of nitrogens with zero attached hydrogens (tertiary/aromatic N) is 1. The standard InChI is InChI=1S/C25H25NO5/c1-16-12-22(23(28)15-29-20-10-8-19(9-11-20)18(3)27)17(2)26(16)13-21-14-30-24-6-4-5-7-25(24)31-21/h4-12,21H,13-15H2,1-3H3/t21-/m0/s1. The number of aromatic nitrogens is 1. The minimum absolute atomic E-state index is 0.00843. The Kier molecular flexibility index (Phi) is 5.80. The molecule has 0 aliphatic carbocycles. The summed E-state index contributed by atoms with van der Waals surface area (Å²) in [5, 5.41) is 0. The molecule has 1 aromatic heterocycles. The number of Topliss-reactive ketones (excluding diaryl/α,β-unsaturated/α-hetero) is 2. The minimum Gasteiger partial charge on any atom is -0.486 e. The summed E-state index contributed by atoms with van der Waals surface area (Å²) in [6.07, 6.45) is -0.140. The molecule has 0 saturated heterocycles. The van der Waals surface area contributed by atoms with Crippen molar-refractivity contribution in [1.29, 1.82) is 0 Å². The zero-order valence-electron chi connectivity index (χ0n) is 17.9. The molecule has 31 heavy (non-hydrogen) atoms. The van der Waals surface area contributed by atoms with Crippen LogP contribution in [0.25, 0.3) is 0 Å². The molecule has 4 rings (SSSR count). The molecule has 0 unspecified atom stereocenters. The van der Waals surface area contributed by atoms with Crippen molar-refractivity contribution in [3.63, 3.8) is 0 Å². The van der Waals surface area contributed by atoms with Crippen molar-refractivity contribution >= 4 is 11.6 Å². The van der Waals surface area contributed by atoms with E-state index < -0.39 is 0 Å². The third kappa shape index (κ3) is 4.48. The van der Waals surface area contributed by atoms with Crippen molar-refractivity contribution in [2.24, 2.45) is 0 Å². The van der Waals surface area contributed by atoms with Gasteiger partial charge >= 0.3 is 0 Å². The number of hydrogen-bond donors (Lipinski definition) is 0. The Morgan fingerprint density at radius 3 is 2.48 bits per heavy atom. The lowest BCUT2D eigenvalue weighted by molar-refractivity contribution is 0.0777. The van der Waals surface area contributed by atoms with Gasteiger partial charge in [0.05, 0.1) is 6.54 Å². The van der Waals surface area contributed by atoms with Crippen molar-refractivity contribution < 1.29 is 23.8 Å². The quantitative estimate of drug-likeness (QED) is 0.531. The maximum atomic E-state index is 12.8. The monoisotopic (exact) mass is 419 g/mol. The highest BCUT2D eigenvalue weighted by Gasteiger charge is 2.24. The van der Waals surface area contributed by atoms with Crippen molar-refractivity contribution in [2.45, 2.75) is 33.4 Å². The molecule has 6 heteroatoms. The van der Waals surface area contributed by atoms with Crippen LogP contribution < -0.4 is 14.2 Å². The van der Waals surface area contributed by atoms with E-state index in [1.165, 1.54) is 6.92 Å². The Morgan fingerprint density at radius 1 is 1.06 bits per heavy atom. The van der Waals surface area contributed by atoms with Crippen LogP contribution in [0, 0.1) is 13.8 Å². The van der Waals surface area contributed by atoms with Gasteiger partial charge in [-0.05, 0) is 63.2 Å². The second kappa shape index (κ2) is 8.68. The molecule has 1 aliphatic heterocycles. The van der Waals surface area contributed by atoms with E-state index in [1.54, 1.807) is 24.3 Å². The summed E-state index contributed by atoms with van der Waals surface area (Å²) in [6, 6.07) is 16.3. The lowest BCUT2D eigenvalue weighted by Gasteiger charge is -2.27. The van der Waals surface area contributed by atoms with E-state index in [0.717, 1.165) is 22.9 Å². The number of carbonyl (C=O) groups excluding carboxylic acids is 2. The molecule has 0 bridgehead atoms. The normalized spacial score (nSPS) is 14.9. The van der Waals surface area contributed by atoms with Crippen molar-refractivity contribution in [3.05, 3.63) is 77.1 Å². The number of fused-ring (bicyclic) bond motifs is 1. The van der Waals surface area contributed by atoms with E-state index in [1.807, 2.05) is 44.2 Å². The minimum atomic E-state index is -0.140. The van der Waals surface area contributed by atoms with Crippen LogP contribution in [-0.4, -0.2) is 35.5 Å². The average Bonchev–Trinajstić information content (AvgIpc) is 3.06. The van der Waals surface area contributed by atoms with E-state index in [2.05, 4.69) is 4.57 Å². The highest BCUT2D eigenvalue weighted by Crippen LogP contribution is 2.31. The first-order valence-corrected chi connectivity index (χ1v) is 10.2. The number of ether oxygens (including phenoxy) is 3. The summed E-state index contributed by atoms with van der Waals surface area (Å²) < 4.78 is 19.6. The van der Waals surface area contributed by atoms with Gasteiger partial charge in [0.25, 0.3) is 0 Å². The van der Waals surface area contributed by atoms with Crippen LogP contribution in [0.15, 0.2) is 54.6 Å². The fourth-order valence-corrected chi connectivity index (χ4v) is 3.73. The summed E-state index contributed by atoms with van der Waals surface area (Å²) in [5.41, 5.74) is 3.10. The number of carbonyl (C=O) groups is 2. The summed E-state index contributed by atoms with van der Waals surface area (Å²) in [6.45, 7) is 6.39. The highest BCUT2D eigenvalue weighted by molar-refractivity contribution is 5.98. The van der Waals surface area contributed by atoms with E-state index in [0.29, 0.717) is 30.0 Å². The van der Waals surface area contributed by atoms with Crippen LogP contribution in [0.3, 0.4) is 0 Å². The van der Waals surface area contributed by atoms with E-state index in [-0.39, 0.29) is 24.3 Å². The summed E-state index contributed by atoms with van der Waals surface area (Å²) >= 11 is 0. The van der Waals surface area contributed by atoms with Crippen LogP contribution in [0.2, 0.25) is 0 Å². The molecular weight excluding hydrogens is 394 g/mol. The number of hydrogen-bond acceptors (Lipinski definition) is 5. The number of rotatable bonds is 7. The number of ketones is 2. The number of para-hydroxylation sites is 2. The smallest absolute Gasteiger partial charge is 0.202 e. The first-order valence-electron chi connectivity index (χ1n) is 10.2. The zero-order chi connectivity index (χ0) is 22.0. The van der Waals surface area contributed by atoms with Gasteiger partial charge < -0.3 is 18.8 Å². The molecule has 1 atom stereocenters. The molecule has 0 amide bonds. The molecule has 0 saturated carbocycles. The topological polar surface area (TPSA) is 66.8 Å². The lowest BCUT2D eigenvalue weighted by atomic mass is 10.1. The van der Waals surface area contributed by atoms with Gasteiger partial charge in [-0.2, -0.15) is 0 Å². The number of aryl methyl sites for hydroxylation is 1. The lowest BCUT2D eigenvalue weighted by Crippen LogP contribution is -2.33. The van der Waals surface area contributed by atoms with E-state index >= 15 is 0 Å². The van der Waals surface area contributed by atoms with Gasteiger partial charge in [0.2, 0.25) is 5.78 Å². The largest absolute Gasteiger partial charge is 0.486 e. The third-order valence-electron chi connectivity index (χ3n) is 5.46. The SMILES string of the molecule is CC(=O)c1ccc(OCC(=O)c2cc(C)n(C[C@H]3COc4ccccc4O3)c2C)cc1. The molecule has 0 fully saturated rings. The van der Waals surface area contributed by atoms with Crippen LogP contribution in [0.5, 0.6) is 17.2 Å². The molecule has 0 N–H and O–H groups in total. The van der Waals surface area contributed by atoms with Gasteiger partial charge in [0, 0.05) is 22.5 Å². The fraction of sp³-hybridized carbons (Fsp3) is 0.280. The number of benzene rings is 2. The van der Waals surface area contributed by atoms with Gasteiger partial charge in [-0.15, -0.1) is 0 Å². The van der Waals surface area contributed by atoms with Gasteiger partial charge in [0.15, 0.2) is 30.0 Å². The molecule has 0 radical (unpaired) electrons. The summed E-state index contributed by atoms with van der Waals surface area (Å²) in [7, 11) is 0. The molecule has 2 aromatic carbocycles. The fourth-order valence-electron chi connectivity index (χ4n) is 3.73. The van der Waals surface area contributed by atoms with Crippen LogP contribution in [0.4, 0.5) is 0 Å². The predicted molar refractivity (Wildman–Crippen MR) is 117 cm³/mol. The first kappa shape index (κ1) is 20.7. The molecule has 160 valence electrons. The zero-order valence-corrected chi connectivity index (χ0v) is 17.9. The second-order valence-corrected chi connectivity index (χ2v) is 7.69. The van der Waals surface area contributed by atoms with Crippen LogP contribution in [-0.2, 0) is 6.54 Å². The molecular formula is C25H25NO5. The molecule has 3 aromatic rings. The molecule has 1 aliphatic rings. The molecule has 6 nitrogen and oxygen atoms in total. The van der Waals surface area contributed by atoms with Crippen molar-refractivity contribution in [3.8, 4) is 17.2 Å². The molecule has 2 heterocycles. The maximum Gasteiger partial charge on any atom is 0.202 e. The Morgan fingerprint density at radius 2 is 1.77 bits per heavy atom. The predicted octanol–water partition coefficient (Wildman–Crippen LogP) is 4.41. The van der Waals surface area contributed by atoms with Crippen molar-refractivity contribution in [2.75, 3.05) is 13.2 Å². The van der Waals surface area contributed by atoms with E-state index in [4.69, 9.17) is 14.2 Å². The first-order chi connectivity index (χ1) is 14.9. The van der Waals surface area contributed by atoms with Gasteiger partial charge in [0.1, 0.15) is 12.4 Å². The summed E-state index contributed by atoms with van der Waals surface area (Å²) in [5.74, 6) is 1.94. The van der Waals surface area contributed by atoms with Gasteiger partial charge in [-0.3, -0.25) is 9.59 Å².